The predicted octanol–water partition coefficient (Wildman–Crippen LogP) is 4.37. The standard InChI is InChI=1S/C20H17ClFN3O3S/c1-11(23-19(27)13-5-3-4-6-14(13)21)18(26)25-20-24-16(10-29-20)12-7-8-17(28-2)15(22)9-12/h3-11H,1-2H3,(H,23,27)(H,24,25,26). The Balaban J connectivity index is 1.64. The van der Waals surface area contributed by atoms with E-state index in [-0.39, 0.29) is 11.3 Å². The molecule has 1 unspecified atom stereocenters. The molecule has 9 heteroatoms. The van der Waals surface area contributed by atoms with Crippen molar-refractivity contribution in [1.29, 1.82) is 0 Å². The van der Waals surface area contributed by atoms with Crippen LogP contribution in [0.2, 0.25) is 5.02 Å². The summed E-state index contributed by atoms with van der Waals surface area (Å²) in [6.45, 7) is 1.55. The van der Waals surface area contributed by atoms with Gasteiger partial charge in [-0.2, -0.15) is 0 Å². The van der Waals surface area contributed by atoms with Crippen molar-refractivity contribution >= 4 is 39.9 Å². The number of rotatable bonds is 6. The first-order valence-electron chi connectivity index (χ1n) is 8.54. The molecule has 0 saturated carbocycles. The Morgan fingerprint density at radius 3 is 2.69 bits per heavy atom. The fourth-order valence-corrected chi connectivity index (χ4v) is 3.43. The number of thiazole rings is 1. The van der Waals surface area contributed by atoms with Crippen molar-refractivity contribution in [2.24, 2.45) is 0 Å². The third-order valence-electron chi connectivity index (χ3n) is 4.04. The Morgan fingerprint density at radius 2 is 2.00 bits per heavy atom. The molecule has 1 heterocycles. The van der Waals surface area contributed by atoms with Gasteiger partial charge < -0.3 is 15.4 Å². The monoisotopic (exact) mass is 433 g/mol. The van der Waals surface area contributed by atoms with Crippen LogP contribution < -0.4 is 15.4 Å². The van der Waals surface area contributed by atoms with Crippen LogP contribution in [-0.2, 0) is 4.79 Å². The summed E-state index contributed by atoms with van der Waals surface area (Å²) in [7, 11) is 1.39. The number of amides is 2. The van der Waals surface area contributed by atoms with Crippen molar-refractivity contribution < 1.29 is 18.7 Å². The Morgan fingerprint density at radius 1 is 1.24 bits per heavy atom. The minimum absolute atomic E-state index is 0.139. The lowest BCUT2D eigenvalue weighted by Crippen LogP contribution is -2.41. The number of nitrogens with zero attached hydrogens (tertiary/aromatic N) is 1. The van der Waals surface area contributed by atoms with Crippen LogP contribution in [0.1, 0.15) is 17.3 Å². The quantitative estimate of drug-likeness (QED) is 0.605. The van der Waals surface area contributed by atoms with E-state index >= 15 is 0 Å². The predicted molar refractivity (Wildman–Crippen MR) is 111 cm³/mol. The molecule has 0 fully saturated rings. The number of aromatic nitrogens is 1. The molecule has 0 saturated heterocycles. The van der Waals surface area contributed by atoms with Crippen LogP contribution in [-0.4, -0.2) is 29.9 Å². The molecule has 150 valence electrons. The molecule has 3 rings (SSSR count). The third kappa shape index (κ3) is 4.90. The van der Waals surface area contributed by atoms with Gasteiger partial charge in [-0.25, -0.2) is 9.37 Å². The topological polar surface area (TPSA) is 80.3 Å². The Hall–Kier alpha value is -2.97. The second kappa shape index (κ2) is 9.02. The van der Waals surface area contributed by atoms with Crippen molar-refractivity contribution in [1.82, 2.24) is 10.3 Å². The van der Waals surface area contributed by atoms with E-state index in [9.17, 15) is 14.0 Å². The molecular formula is C20H17ClFN3O3S. The summed E-state index contributed by atoms with van der Waals surface area (Å²) in [5.74, 6) is -1.25. The fourth-order valence-electron chi connectivity index (χ4n) is 2.49. The maximum Gasteiger partial charge on any atom is 0.253 e. The van der Waals surface area contributed by atoms with Gasteiger partial charge in [0.1, 0.15) is 6.04 Å². The molecule has 1 atom stereocenters. The van der Waals surface area contributed by atoms with Crippen molar-refractivity contribution in [2.75, 3.05) is 12.4 Å². The average molecular weight is 434 g/mol. The molecule has 0 radical (unpaired) electrons. The lowest BCUT2D eigenvalue weighted by molar-refractivity contribution is -0.117. The normalized spacial score (nSPS) is 11.6. The first-order chi connectivity index (χ1) is 13.9. The van der Waals surface area contributed by atoms with Gasteiger partial charge in [-0.1, -0.05) is 23.7 Å². The molecule has 6 nitrogen and oxygen atoms in total. The van der Waals surface area contributed by atoms with Gasteiger partial charge >= 0.3 is 0 Å². The number of carbonyl (C=O) groups excluding carboxylic acids is 2. The average Bonchev–Trinajstić information content (AvgIpc) is 3.16. The largest absolute Gasteiger partial charge is 0.494 e. The van der Waals surface area contributed by atoms with Crippen LogP contribution in [0.3, 0.4) is 0 Å². The van der Waals surface area contributed by atoms with E-state index in [0.29, 0.717) is 21.4 Å². The summed E-state index contributed by atoms with van der Waals surface area (Å²) in [6, 6.07) is 10.2. The number of carbonyl (C=O) groups is 2. The molecule has 3 aromatic rings. The van der Waals surface area contributed by atoms with Crippen LogP contribution in [0.15, 0.2) is 47.8 Å². The highest BCUT2D eigenvalue weighted by Crippen LogP contribution is 2.28. The van der Waals surface area contributed by atoms with Crippen molar-refractivity contribution in [3.8, 4) is 17.0 Å². The molecule has 0 aliphatic rings. The van der Waals surface area contributed by atoms with E-state index in [1.165, 1.54) is 30.6 Å². The van der Waals surface area contributed by atoms with Gasteiger partial charge in [-0.05, 0) is 37.3 Å². The molecule has 0 aliphatic carbocycles. The number of methoxy groups -OCH3 is 1. The van der Waals surface area contributed by atoms with Crippen LogP contribution in [0, 0.1) is 5.82 Å². The molecule has 0 aliphatic heterocycles. The molecule has 2 aromatic carbocycles. The van der Waals surface area contributed by atoms with E-state index in [1.807, 2.05) is 0 Å². The van der Waals surface area contributed by atoms with Crippen molar-refractivity contribution in [3.05, 3.63) is 64.2 Å². The van der Waals surface area contributed by atoms with Crippen molar-refractivity contribution in [2.45, 2.75) is 13.0 Å². The second-order valence-electron chi connectivity index (χ2n) is 6.05. The number of nitrogens with one attached hydrogen (secondary N) is 2. The smallest absolute Gasteiger partial charge is 0.253 e. The molecule has 2 amide bonds. The van der Waals surface area contributed by atoms with Crippen molar-refractivity contribution in [3.63, 3.8) is 0 Å². The minimum Gasteiger partial charge on any atom is -0.494 e. The third-order valence-corrected chi connectivity index (χ3v) is 5.13. The number of anilines is 1. The zero-order chi connectivity index (χ0) is 21.0. The lowest BCUT2D eigenvalue weighted by atomic mass is 10.1. The summed E-state index contributed by atoms with van der Waals surface area (Å²) in [5, 5.41) is 7.57. The molecule has 1 aromatic heterocycles. The number of ether oxygens (including phenoxy) is 1. The Labute approximate surface area is 175 Å². The van der Waals surface area contributed by atoms with Gasteiger partial charge in [-0.3, -0.25) is 9.59 Å². The summed E-state index contributed by atoms with van der Waals surface area (Å²) >= 11 is 7.19. The maximum atomic E-state index is 13.9. The van der Waals surface area contributed by atoms with E-state index in [1.54, 1.807) is 42.6 Å². The number of halogens is 2. The Kier molecular flexibility index (Phi) is 6.46. The summed E-state index contributed by atoms with van der Waals surface area (Å²) in [4.78, 5) is 28.9. The van der Waals surface area contributed by atoms with Gasteiger partial charge in [0.25, 0.3) is 5.91 Å². The minimum atomic E-state index is -0.815. The van der Waals surface area contributed by atoms with Gasteiger partial charge in [0, 0.05) is 10.9 Å². The second-order valence-corrected chi connectivity index (χ2v) is 7.32. The van der Waals surface area contributed by atoms with E-state index < -0.39 is 23.7 Å². The van der Waals surface area contributed by atoms with Gasteiger partial charge in [0.2, 0.25) is 5.91 Å². The zero-order valence-electron chi connectivity index (χ0n) is 15.5. The fraction of sp³-hybridized carbons (Fsp3) is 0.150. The SMILES string of the molecule is COc1ccc(-c2csc(NC(=O)C(C)NC(=O)c3ccccc3Cl)n2)cc1F. The first kappa shape index (κ1) is 20.8. The van der Waals surface area contributed by atoms with Crippen LogP contribution in [0.25, 0.3) is 11.3 Å². The van der Waals surface area contributed by atoms with E-state index in [4.69, 9.17) is 16.3 Å². The molecule has 0 spiro atoms. The van der Waals surface area contributed by atoms with E-state index in [0.717, 1.165) is 0 Å². The molecule has 29 heavy (non-hydrogen) atoms. The van der Waals surface area contributed by atoms with Crippen LogP contribution in [0.5, 0.6) is 5.75 Å². The highest BCUT2D eigenvalue weighted by molar-refractivity contribution is 7.14. The summed E-state index contributed by atoms with van der Waals surface area (Å²) in [5.41, 5.74) is 1.35. The molecule has 0 bridgehead atoms. The molecular weight excluding hydrogens is 417 g/mol. The van der Waals surface area contributed by atoms with E-state index in [2.05, 4.69) is 15.6 Å². The summed E-state index contributed by atoms with van der Waals surface area (Å²) < 4.78 is 18.8. The number of hydrogen-bond acceptors (Lipinski definition) is 5. The molecule has 2 N–H and O–H groups in total. The van der Waals surface area contributed by atoms with Gasteiger partial charge in [0.05, 0.1) is 23.4 Å². The zero-order valence-corrected chi connectivity index (χ0v) is 17.1. The van der Waals surface area contributed by atoms with Crippen LogP contribution >= 0.6 is 22.9 Å². The maximum absolute atomic E-state index is 13.9. The Bertz CT molecular complexity index is 1060. The van der Waals surface area contributed by atoms with Gasteiger partial charge in [-0.15, -0.1) is 11.3 Å². The van der Waals surface area contributed by atoms with Gasteiger partial charge in [0.15, 0.2) is 16.7 Å². The summed E-state index contributed by atoms with van der Waals surface area (Å²) in [6.07, 6.45) is 0. The first-order valence-corrected chi connectivity index (χ1v) is 9.80. The number of benzene rings is 2. The number of hydrogen-bond donors (Lipinski definition) is 2. The van der Waals surface area contributed by atoms with Crippen LogP contribution in [0.4, 0.5) is 9.52 Å². The lowest BCUT2D eigenvalue weighted by Gasteiger charge is -2.13. The highest BCUT2D eigenvalue weighted by Gasteiger charge is 2.19. The highest BCUT2D eigenvalue weighted by atomic mass is 35.5.